The summed E-state index contributed by atoms with van der Waals surface area (Å²) in [7, 11) is 3.02. The number of benzene rings is 2. The van der Waals surface area contributed by atoms with E-state index in [1.165, 1.54) is 25.3 Å². The summed E-state index contributed by atoms with van der Waals surface area (Å²) < 4.78 is 10.4. The van der Waals surface area contributed by atoms with E-state index in [2.05, 4.69) is 10.6 Å². The summed E-state index contributed by atoms with van der Waals surface area (Å²) in [6.45, 7) is 1.29. The van der Waals surface area contributed by atoms with Crippen molar-refractivity contribution >= 4 is 23.5 Å². The number of hydrogen-bond donors (Lipinski definition) is 2. The molecule has 0 aromatic heterocycles. The molecule has 8 heteroatoms. The second-order valence-electron chi connectivity index (χ2n) is 7.90. The molecule has 2 aliphatic rings. The lowest BCUT2D eigenvalue weighted by Crippen LogP contribution is -2.42. The highest BCUT2D eigenvalue weighted by molar-refractivity contribution is 6.10. The molecule has 31 heavy (non-hydrogen) atoms. The zero-order chi connectivity index (χ0) is 22.2. The van der Waals surface area contributed by atoms with Crippen molar-refractivity contribution in [3.05, 3.63) is 53.1 Å². The van der Waals surface area contributed by atoms with E-state index in [0.717, 1.165) is 29.7 Å². The molecule has 1 fully saturated rings. The maximum absolute atomic E-state index is 13.1. The minimum atomic E-state index is -1.20. The number of methoxy groups -OCH3 is 2. The van der Waals surface area contributed by atoms with E-state index >= 15 is 0 Å². The van der Waals surface area contributed by atoms with Gasteiger partial charge in [0.2, 0.25) is 5.91 Å². The van der Waals surface area contributed by atoms with Gasteiger partial charge in [-0.15, -0.1) is 0 Å². The molecule has 8 nitrogen and oxygen atoms in total. The number of carbonyl (C=O) groups is 3. The number of carbonyl (C=O) groups excluding carboxylic acids is 3. The maximum Gasteiger partial charge on any atom is 0.325 e. The maximum atomic E-state index is 13.1. The molecule has 0 bridgehead atoms. The summed E-state index contributed by atoms with van der Waals surface area (Å²) in [5.41, 5.74) is 2.50. The number of nitrogens with one attached hydrogen (secondary N) is 2. The van der Waals surface area contributed by atoms with Gasteiger partial charge in [0.15, 0.2) is 11.5 Å². The number of anilines is 1. The summed E-state index contributed by atoms with van der Waals surface area (Å²) in [5.74, 6) is 0.0472. The molecule has 2 aromatic rings. The van der Waals surface area contributed by atoms with Gasteiger partial charge in [-0.2, -0.15) is 0 Å². The summed E-state index contributed by atoms with van der Waals surface area (Å²) >= 11 is 0. The van der Waals surface area contributed by atoms with Crippen molar-refractivity contribution in [1.82, 2.24) is 10.2 Å². The molecule has 1 aliphatic heterocycles. The number of ether oxygens (including phenoxy) is 2. The summed E-state index contributed by atoms with van der Waals surface area (Å²) in [4.78, 5) is 39.2. The van der Waals surface area contributed by atoms with Gasteiger partial charge in [0.25, 0.3) is 5.91 Å². The molecule has 4 amide bonds. The Bertz CT molecular complexity index is 1070. The number of urea groups is 1. The predicted octanol–water partition coefficient (Wildman–Crippen LogP) is 2.60. The predicted molar refractivity (Wildman–Crippen MR) is 114 cm³/mol. The van der Waals surface area contributed by atoms with Crippen LogP contribution in [0.1, 0.15) is 30.0 Å². The molecule has 4 rings (SSSR count). The van der Waals surface area contributed by atoms with Crippen LogP contribution in [0, 0.1) is 0 Å². The minimum absolute atomic E-state index is 0.389. The Morgan fingerprint density at radius 1 is 1.06 bits per heavy atom. The van der Waals surface area contributed by atoms with Crippen molar-refractivity contribution < 1.29 is 23.9 Å². The average molecular weight is 423 g/mol. The highest BCUT2D eigenvalue weighted by atomic mass is 16.5. The van der Waals surface area contributed by atoms with Crippen molar-refractivity contribution in [2.75, 3.05) is 26.1 Å². The summed E-state index contributed by atoms with van der Waals surface area (Å²) in [6, 6.07) is 10.2. The van der Waals surface area contributed by atoms with Gasteiger partial charge in [0.05, 0.1) is 14.2 Å². The van der Waals surface area contributed by atoms with E-state index in [4.69, 9.17) is 9.47 Å². The molecule has 0 saturated carbocycles. The Morgan fingerprint density at radius 3 is 2.55 bits per heavy atom. The highest BCUT2D eigenvalue weighted by Crippen LogP contribution is 2.33. The Balaban J connectivity index is 1.48. The average Bonchev–Trinajstić information content (AvgIpc) is 3.32. The highest BCUT2D eigenvalue weighted by Gasteiger charge is 2.49. The summed E-state index contributed by atoms with van der Waals surface area (Å²) in [6.07, 6.45) is 3.10. The number of rotatable bonds is 6. The number of amides is 4. The molecule has 1 atom stereocenters. The Labute approximate surface area is 180 Å². The van der Waals surface area contributed by atoms with Crippen LogP contribution in [0.2, 0.25) is 0 Å². The molecule has 1 aliphatic carbocycles. The van der Waals surface area contributed by atoms with Gasteiger partial charge in [-0.1, -0.05) is 18.2 Å². The normalized spacial score (nSPS) is 19.8. The number of hydrogen-bond acceptors (Lipinski definition) is 5. The summed E-state index contributed by atoms with van der Waals surface area (Å²) in [5, 5.41) is 5.45. The first kappa shape index (κ1) is 20.7. The fourth-order valence-electron chi connectivity index (χ4n) is 4.18. The van der Waals surface area contributed by atoms with Crippen LogP contribution in [0.4, 0.5) is 10.5 Å². The largest absolute Gasteiger partial charge is 0.493 e. The van der Waals surface area contributed by atoms with Gasteiger partial charge < -0.3 is 20.1 Å². The van der Waals surface area contributed by atoms with Gasteiger partial charge in [-0.3, -0.25) is 14.5 Å². The van der Waals surface area contributed by atoms with E-state index in [-0.39, 0.29) is 6.54 Å². The molecule has 0 spiro atoms. The lowest BCUT2D eigenvalue weighted by atomic mass is 9.89. The van der Waals surface area contributed by atoms with Crippen LogP contribution < -0.4 is 20.1 Å². The van der Waals surface area contributed by atoms with Crippen molar-refractivity contribution in [3.8, 4) is 11.5 Å². The van der Waals surface area contributed by atoms with Crippen molar-refractivity contribution in [2.45, 2.75) is 31.7 Å². The number of aryl methyl sites for hydroxylation is 2. The van der Waals surface area contributed by atoms with E-state index in [9.17, 15) is 14.4 Å². The Kier molecular flexibility index (Phi) is 5.31. The van der Waals surface area contributed by atoms with Crippen LogP contribution in [-0.2, 0) is 28.0 Å². The van der Waals surface area contributed by atoms with Crippen molar-refractivity contribution in [1.29, 1.82) is 0 Å². The molecule has 1 heterocycles. The van der Waals surface area contributed by atoms with Crippen LogP contribution in [0.15, 0.2) is 36.4 Å². The van der Waals surface area contributed by atoms with Crippen molar-refractivity contribution in [2.24, 2.45) is 0 Å². The fourth-order valence-corrected chi connectivity index (χ4v) is 4.18. The van der Waals surface area contributed by atoms with E-state index in [0.29, 0.717) is 17.2 Å². The first-order chi connectivity index (χ1) is 14.9. The smallest absolute Gasteiger partial charge is 0.325 e. The third kappa shape index (κ3) is 3.69. The van der Waals surface area contributed by atoms with Crippen LogP contribution in [0.5, 0.6) is 11.5 Å². The van der Waals surface area contributed by atoms with Crippen LogP contribution in [0.25, 0.3) is 0 Å². The van der Waals surface area contributed by atoms with Crippen LogP contribution >= 0.6 is 0 Å². The molecule has 0 radical (unpaired) electrons. The Hall–Kier alpha value is -3.55. The zero-order valence-electron chi connectivity index (χ0n) is 17.8. The molecular formula is C23H25N3O5. The van der Waals surface area contributed by atoms with Crippen LogP contribution in [-0.4, -0.2) is 43.5 Å². The molecule has 0 unspecified atom stereocenters. The van der Waals surface area contributed by atoms with E-state index in [1.54, 1.807) is 25.1 Å². The fraction of sp³-hybridized carbons (Fsp3) is 0.348. The van der Waals surface area contributed by atoms with Gasteiger partial charge in [0, 0.05) is 11.8 Å². The zero-order valence-corrected chi connectivity index (χ0v) is 17.8. The quantitative estimate of drug-likeness (QED) is 0.696. The molecule has 162 valence electrons. The monoisotopic (exact) mass is 423 g/mol. The minimum Gasteiger partial charge on any atom is -0.493 e. The SMILES string of the molecule is COc1ccc(NC(=O)CN2C(=O)N[C@@](C)(c3ccc4c(c3)CCC4)C2=O)cc1OC. The lowest BCUT2D eigenvalue weighted by molar-refractivity contribution is -0.133. The molecular weight excluding hydrogens is 398 g/mol. The lowest BCUT2D eigenvalue weighted by Gasteiger charge is -2.23. The number of imide groups is 1. The van der Waals surface area contributed by atoms with Crippen molar-refractivity contribution in [3.63, 3.8) is 0 Å². The van der Waals surface area contributed by atoms with E-state index < -0.39 is 23.4 Å². The number of fused-ring (bicyclic) bond motifs is 1. The second kappa shape index (κ2) is 7.94. The van der Waals surface area contributed by atoms with Crippen LogP contribution in [0.3, 0.4) is 0 Å². The van der Waals surface area contributed by atoms with Gasteiger partial charge in [0.1, 0.15) is 12.1 Å². The third-order valence-electron chi connectivity index (χ3n) is 5.92. The Morgan fingerprint density at radius 2 is 1.81 bits per heavy atom. The van der Waals surface area contributed by atoms with Gasteiger partial charge in [-0.05, 0) is 55.0 Å². The third-order valence-corrected chi connectivity index (χ3v) is 5.92. The first-order valence-corrected chi connectivity index (χ1v) is 10.1. The first-order valence-electron chi connectivity index (χ1n) is 10.1. The second-order valence-corrected chi connectivity index (χ2v) is 7.90. The molecule has 2 N–H and O–H groups in total. The molecule has 2 aromatic carbocycles. The van der Waals surface area contributed by atoms with Gasteiger partial charge >= 0.3 is 6.03 Å². The molecule has 1 saturated heterocycles. The standard InChI is InChI=1S/C23H25N3O5/c1-23(16-8-7-14-5-4-6-15(14)11-16)21(28)26(22(29)25-23)13-20(27)24-17-9-10-18(30-2)19(12-17)31-3/h7-12H,4-6,13H2,1-3H3,(H,24,27)(H,25,29)/t23-/m0/s1. The van der Waals surface area contributed by atoms with E-state index in [1.807, 2.05) is 18.2 Å². The van der Waals surface area contributed by atoms with Gasteiger partial charge in [-0.25, -0.2) is 4.79 Å². The number of nitrogens with zero attached hydrogens (tertiary/aromatic N) is 1. The topological polar surface area (TPSA) is 97.0 Å².